The molecule has 0 aliphatic carbocycles. The summed E-state index contributed by atoms with van der Waals surface area (Å²) in [7, 11) is 0. The van der Waals surface area contributed by atoms with E-state index in [1.54, 1.807) is 12.4 Å². The molecule has 0 amide bonds. The summed E-state index contributed by atoms with van der Waals surface area (Å²) in [5, 5.41) is 6.78. The average molecular weight is 247 g/mol. The number of hydrogen-bond donors (Lipinski definition) is 1. The molecule has 0 fully saturated rings. The Labute approximate surface area is 70.7 Å². The van der Waals surface area contributed by atoms with Gasteiger partial charge in [0.05, 0.1) is 6.20 Å². The number of aromatic amines is 1. The van der Waals surface area contributed by atoms with Crippen LogP contribution in [0.2, 0.25) is 0 Å². The van der Waals surface area contributed by atoms with Gasteiger partial charge in [0.15, 0.2) is 0 Å². The predicted octanol–water partition coefficient (Wildman–Crippen LogP) is 0.443. The van der Waals surface area contributed by atoms with Crippen molar-refractivity contribution in [3.8, 4) is 0 Å². The molecule has 0 spiro atoms. The van der Waals surface area contributed by atoms with Gasteiger partial charge in [-0.05, 0) is 5.21 Å². The second kappa shape index (κ2) is 2.15. The van der Waals surface area contributed by atoms with E-state index in [9.17, 15) is 0 Å². The SMILES string of the molecule is I[n+]1[nH]nc2cnccc21. The van der Waals surface area contributed by atoms with E-state index in [0.29, 0.717) is 0 Å². The van der Waals surface area contributed by atoms with Gasteiger partial charge in [-0.3, -0.25) is 4.98 Å². The van der Waals surface area contributed by atoms with Gasteiger partial charge in [0.2, 0.25) is 28.4 Å². The third-order valence-electron chi connectivity index (χ3n) is 1.25. The minimum absolute atomic E-state index is 0.886. The first kappa shape index (κ1) is 6.02. The van der Waals surface area contributed by atoms with Crippen LogP contribution in [-0.2, 0) is 0 Å². The molecule has 0 atom stereocenters. The molecule has 0 aromatic carbocycles. The Kier molecular flexibility index (Phi) is 1.30. The highest BCUT2D eigenvalue weighted by molar-refractivity contribution is 14.1. The van der Waals surface area contributed by atoms with Crippen molar-refractivity contribution in [2.24, 2.45) is 0 Å². The van der Waals surface area contributed by atoms with Crippen LogP contribution in [0.15, 0.2) is 18.5 Å². The molecule has 0 aliphatic heterocycles. The number of fused-ring (bicyclic) bond motifs is 1. The van der Waals surface area contributed by atoms with Crippen molar-refractivity contribution in [2.45, 2.75) is 0 Å². The molecule has 50 valence electrons. The second-order valence-electron chi connectivity index (χ2n) is 1.86. The van der Waals surface area contributed by atoms with Gasteiger partial charge in [-0.1, -0.05) is 2.90 Å². The number of hydrogen-bond acceptors (Lipinski definition) is 2. The Bertz CT molecular complexity index is 355. The van der Waals surface area contributed by atoms with Crippen LogP contribution in [0, 0.1) is 0 Å². The number of aromatic nitrogens is 4. The topological polar surface area (TPSA) is 45.5 Å². The van der Waals surface area contributed by atoms with Crippen molar-refractivity contribution < 1.29 is 2.90 Å². The summed E-state index contributed by atoms with van der Waals surface area (Å²) in [5.74, 6) is 0. The van der Waals surface area contributed by atoms with Crippen LogP contribution in [0.25, 0.3) is 11.0 Å². The van der Waals surface area contributed by atoms with Crippen molar-refractivity contribution in [3.05, 3.63) is 18.5 Å². The summed E-state index contributed by atoms with van der Waals surface area (Å²) in [5.41, 5.74) is 1.94. The standard InChI is InChI=1S/C5H3IN4/c6-10-5-1-2-7-3-4(5)8-9-10/h1-3H/p+1. The van der Waals surface area contributed by atoms with E-state index < -0.39 is 0 Å². The lowest BCUT2D eigenvalue weighted by molar-refractivity contribution is -0.486. The maximum Gasteiger partial charge on any atom is 0.267 e. The fraction of sp³-hybridized carbons (Fsp3) is 0. The predicted molar refractivity (Wildman–Crippen MR) is 43.5 cm³/mol. The van der Waals surface area contributed by atoms with Crippen LogP contribution in [-0.4, -0.2) is 15.3 Å². The Morgan fingerprint density at radius 1 is 1.60 bits per heavy atom. The van der Waals surface area contributed by atoms with Crippen molar-refractivity contribution >= 4 is 33.9 Å². The number of halogens is 1. The summed E-state index contributed by atoms with van der Waals surface area (Å²) >= 11 is 2.12. The molecule has 0 radical (unpaired) electrons. The van der Waals surface area contributed by atoms with Gasteiger partial charge in [0.1, 0.15) is 0 Å². The van der Waals surface area contributed by atoms with Gasteiger partial charge >= 0.3 is 0 Å². The maximum atomic E-state index is 3.99. The van der Waals surface area contributed by atoms with E-state index in [1.807, 2.05) is 8.96 Å². The Morgan fingerprint density at radius 2 is 2.50 bits per heavy atom. The molecular formula is C5H4IN4+. The zero-order valence-corrected chi connectivity index (χ0v) is 7.11. The minimum atomic E-state index is 0.886. The Hall–Kier alpha value is -0.720. The summed E-state index contributed by atoms with van der Waals surface area (Å²) in [4.78, 5) is 3.93. The third-order valence-corrected chi connectivity index (χ3v) is 1.98. The van der Waals surface area contributed by atoms with Crippen molar-refractivity contribution in [2.75, 3.05) is 0 Å². The molecule has 4 nitrogen and oxygen atoms in total. The van der Waals surface area contributed by atoms with Gasteiger partial charge in [-0.15, -0.1) is 0 Å². The smallest absolute Gasteiger partial charge is 0.260 e. The zero-order valence-electron chi connectivity index (χ0n) is 4.95. The number of nitrogens with one attached hydrogen (secondary N) is 1. The normalized spacial score (nSPS) is 10.5. The molecule has 2 heterocycles. The van der Waals surface area contributed by atoms with Crippen LogP contribution in [0.3, 0.4) is 0 Å². The van der Waals surface area contributed by atoms with Crippen LogP contribution in [0.1, 0.15) is 0 Å². The molecule has 2 aromatic heterocycles. The van der Waals surface area contributed by atoms with E-state index in [0.717, 1.165) is 11.0 Å². The van der Waals surface area contributed by atoms with Gasteiger partial charge in [0, 0.05) is 17.4 Å². The fourth-order valence-corrected chi connectivity index (χ4v) is 1.30. The second-order valence-corrected chi connectivity index (χ2v) is 2.82. The van der Waals surface area contributed by atoms with E-state index in [4.69, 9.17) is 0 Å². The third kappa shape index (κ3) is 0.772. The van der Waals surface area contributed by atoms with E-state index in [-0.39, 0.29) is 0 Å². The summed E-state index contributed by atoms with van der Waals surface area (Å²) in [6.45, 7) is 0. The Morgan fingerprint density at radius 3 is 3.30 bits per heavy atom. The van der Waals surface area contributed by atoms with Crippen molar-refractivity contribution in [1.29, 1.82) is 0 Å². The first-order chi connectivity index (χ1) is 4.88. The summed E-state index contributed by atoms with van der Waals surface area (Å²) < 4.78 is 1.81. The molecule has 2 rings (SSSR count). The van der Waals surface area contributed by atoms with Gasteiger partial charge in [-0.2, -0.15) is 0 Å². The molecule has 0 aliphatic rings. The van der Waals surface area contributed by atoms with Crippen LogP contribution in [0.4, 0.5) is 0 Å². The van der Waals surface area contributed by atoms with Crippen molar-refractivity contribution in [1.82, 2.24) is 15.3 Å². The highest BCUT2D eigenvalue weighted by atomic mass is 127. The first-order valence-corrected chi connectivity index (χ1v) is 3.71. The van der Waals surface area contributed by atoms with Gasteiger partial charge in [0.25, 0.3) is 5.52 Å². The van der Waals surface area contributed by atoms with Crippen LogP contribution in [0.5, 0.6) is 0 Å². The molecule has 2 aromatic rings. The first-order valence-electron chi connectivity index (χ1n) is 2.74. The number of H-pyrrole nitrogens is 1. The highest BCUT2D eigenvalue weighted by Gasteiger charge is 2.07. The molecule has 5 heteroatoms. The lowest BCUT2D eigenvalue weighted by Gasteiger charge is -1.77. The number of nitrogens with zero attached hydrogens (tertiary/aromatic N) is 3. The molecule has 1 N–H and O–H groups in total. The van der Waals surface area contributed by atoms with Gasteiger partial charge < -0.3 is 0 Å². The lowest BCUT2D eigenvalue weighted by Crippen LogP contribution is -2.20. The maximum absolute atomic E-state index is 3.99. The summed E-state index contributed by atoms with van der Waals surface area (Å²) in [6, 6.07) is 1.91. The zero-order chi connectivity index (χ0) is 6.97. The highest BCUT2D eigenvalue weighted by Crippen LogP contribution is 2.01. The molecule has 0 unspecified atom stereocenters. The van der Waals surface area contributed by atoms with E-state index in [2.05, 4.69) is 38.2 Å². The molecule has 0 saturated carbocycles. The molecule has 0 saturated heterocycles. The van der Waals surface area contributed by atoms with Crippen LogP contribution >= 0.6 is 22.9 Å². The molecule has 0 bridgehead atoms. The molecular weight excluding hydrogens is 243 g/mol. The number of rotatable bonds is 0. The van der Waals surface area contributed by atoms with Gasteiger partial charge in [-0.25, -0.2) is 0 Å². The monoisotopic (exact) mass is 247 g/mol. The lowest BCUT2D eigenvalue weighted by atomic mass is 10.4. The summed E-state index contributed by atoms with van der Waals surface area (Å²) in [6.07, 6.45) is 3.47. The average Bonchev–Trinajstić information content (AvgIpc) is 2.34. The largest absolute Gasteiger partial charge is 0.267 e. The Balaban J connectivity index is 2.93. The quantitative estimate of drug-likeness (QED) is 0.686. The molecule has 10 heavy (non-hydrogen) atoms. The van der Waals surface area contributed by atoms with E-state index >= 15 is 0 Å². The van der Waals surface area contributed by atoms with E-state index in [1.165, 1.54) is 0 Å². The van der Waals surface area contributed by atoms with Crippen molar-refractivity contribution in [3.63, 3.8) is 0 Å². The number of pyridine rings is 1. The van der Waals surface area contributed by atoms with Crippen LogP contribution < -0.4 is 2.90 Å². The fourth-order valence-electron chi connectivity index (χ4n) is 0.783. The minimum Gasteiger partial charge on any atom is -0.260 e.